The van der Waals surface area contributed by atoms with Crippen LogP contribution in [0.15, 0.2) is 48.5 Å². The first-order chi connectivity index (χ1) is 14.0. The molecule has 0 radical (unpaired) electrons. The molecule has 1 heterocycles. The molecule has 4 heteroatoms. The summed E-state index contributed by atoms with van der Waals surface area (Å²) in [5.41, 5.74) is 2.99. The first-order valence-corrected chi connectivity index (χ1v) is 11.4. The highest BCUT2D eigenvalue weighted by Crippen LogP contribution is 2.41. The molecule has 0 aromatic heterocycles. The Kier molecular flexibility index (Phi) is 6.60. The van der Waals surface area contributed by atoms with Gasteiger partial charge in [-0.25, -0.2) is 0 Å². The van der Waals surface area contributed by atoms with Gasteiger partial charge < -0.3 is 14.9 Å². The van der Waals surface area contributed by atoms with E-state index in [1.54, 1.807) is 0 Å². The molecule has 2 aliphatic rings. The average Bonchev–Trinajstić information content (AvgIpc) is 2.74. The van der Waals surface area contributed by atoms with Crippen LogP contribution in [0.25, 0.3) is 11.1 Å². The van der Waals surface area contributed by atoms with Crippen molar-refractivity contribution in [3.05, 3.63) is 59.1 Å². The maximum Gasteiger partial charge on any atom is 0.0728 e. The molecular weight excluding hydrogens is 380 g/mol. The predicted molar refractivity (Wildman–Crippen MR) is 122 cm³/mol. The minimum Gasteiger partial charge on any atom is -0.389 e. The Balaban J connectivity index is 1.58. The molecule has 1 atom stereocenters. The van der Waals surface area contributed by atoms with E-state index >= 15 is 0 Å². The minimum atomic E-state index is -0.584. The zero-order valence-electron chi connectivity index (χ0n) is 17.5. The molecule has 3 nitrogen and oxygen atoms in total. The van der Waals surface area contributed by atoms with E-state index in [4.69, 9.17) is 11.6 Å². The maximum absolute atomic E-state index is 11.6. The number of piperazine rings is 1. The molecule has 2 aromatic rings. The second kappa shape index (κ2) is 9.18. The third kappa shape index (κ3) is 5.03. The third-order valence-electron chi connectivity index (χ3n) is 6.88. The summed E-state index contributed by atoms with van der Waals surface area (Å²) in [6, 6.07) is 16.8. The van der Waals surface area contributed by atoms with Crippen LogP contribution in [-0.4, -0.2) is 60.3 Å². The molecule has 0 spiro atoms. The van der Waals surface area contributed by atoms with Crippen molar-refractivity contribution in [2.45, 2.75) is 43.6 Å². The van der Waals surface area contributed by atoms with E-state index in [0.29, 0.717) is 0 Å². The van der Waals surface area contributed by atoms with Crippen molar-refractivity contribution in [3.8, 4) is 11.1 Å². The van der Waals surface area contributed by atoms with Crippen molar-refractivity contribution in [1.82, 2.24) is 9.80 Å². The maximum atomic E-state index is 11.6. The van der Waals surface area contributed by atoms with E-state index in [9.17, 15) is 5.11 Å². The SMILES string of the molecule is CN1CCN(CC(c2ccc(-c3cccc(Cl)c3)cc2)C2(O)CCCCC2)CC1. The first-order valence-electron chi connectivity index (χ1n) is 11.0. The quantitative estimate of drug-likeness (QED) is 0.745. The van der Waals surface area contributed by atoms with Gasteiger partial charge in [0.05, 0.1) is 5.60 Å². The molecule has 1 N–H and O–H groups in total. The summed E-state index contributed by atoms with van der Waals surface area (Å²) in [5, 5.41) is 12.4. The van der Waals surface area contributed by atoms with Crippen LogP contribution in [0.1, 0.15) is 43.6 Å². The Hall–Kier alpha value is -1.39. The highest BCUT2D eigenvalue weighted by atomic mass is 35.5. The molecule has 2 fully saturated rings. The van der Waals surface area contributed by atoms with Gasteiger partial charge in [-0.1, -0.05) is 67.3 Å². The lowest BCUT2D eigenvalue weighted by Gasteiger charge is -2.43. The van der Waals surface area contributed by atoms with Crippen molar-refractivity contribution in [2.24, 2.45) is 0 Å². The second-order valence-electron chi connectivity index (χ2n) is 8.95. The van der Waals surface area contributed by atoms with Crippen molar-refractivity contribution in [3.63, 3.8) is 0 Å². The zero-order valence-corrected chi connectivity index (χ0v) is 18.2. The van der Waals surface area contributed by atoms with Gasteiger partial charge in [0.1, 0.15) is 0 Å². The van der Waals surface area contributed by atoms with E-state index in [1.165, 1.54) is 17.5 Å². The Bertz CT molecular complexity index is 793. The number of hydrogen-bond donors (Lipinski definition) is 1. The van der Waals surface area contributed by atoms with Crippen molar-refractivity contribution in [2.75, 3.05) is 39.8 Å². The van der Waals surface area contributed by atoms with Crippen molar-refractivity contribution >= 4 is 11.6 Å². The lowest BCUT2D eigenvalue weighted by atomic mass is 9.72. The highest BCUT2D eigenvalue weighted by Gasteiger charge is 2.39. The average molecular weight is 413 g/mol. The zero-order chi connectivity index (χ0) is 20.3. The Morgan fingerprint density at radius 1 is 0.931 bits per heavy atom. The van der Waals surface area contributed by atoms with Gasteiger partial charge in [-0.3, -0.25) is 0 Å². The van der Waals surface area contributed by atoms with Gasteiger partial charge in [-0.2, -0.15) is 0 Å². The Morgan fingerprint density at radius 3 is 2.28 bits per heavy atom. The van der Waals surface area contributed by atoms with Gasteiger partial charge >= 0.3 is 0 Å². The highest BCUT2D eigenvalue weighted by molar-refractivity contribution is 6.30. The fraction of sp³-hybridized carbons (Fsp3) is 0.520. The number of rotatable bonds is 5. The summed E-state index contributed by atoms with van der Waals surface area (Å²) in [6.07, 6.45) is 5.35. The molecule has 1 saturated carbocycles. The van der Waals surface area contributed by atoms with Crippen LogP contribution in [0.4, 0.5) is 0 Å². The van der Waals surface area contributed by atoms with E-state index in [0.717, 1.165) is 69.0 Å². The summed E-state index contributed by atoms with van der Waals surface area (Å²) in [5.74, 6) is 0.166. The van der Waals surface area contributed by atoms with Crippen molar-refractivity contribution in [1.29, 1.82) is 0 Å². The predicted octanol–water partition coefficient (Wildman–Crippen LogP) is 5.03. The summed E-state index contributed by atoms with van der Waals surface area (Å²) in [4.78, 5) is 4.93. The van der Waals surface area contributed by atoms with Crippen LogP contribution in [-0.2, 0) is 0 Å². The van der Waals surface area contributed by atoms with Gasteiger partial charge in [0, 0.05) is 43.7 Å². The Labute approximate surface area is 180 Å². The smallest absolute Gasteiger partial charge is 0.0728 e. The van der Waals surface area contributed by atoms with E-state index in [1.807, 2.05) is 18.2 Å². The van der Waals surface area contributed by atoms with Crippen LogP contribution in [0.2, 0.25) is 5.02 Å². The molecule has 29 heavy (non-hydrogen) atoms. The lowest BCUT2D eigenvalue weighted by molar-refractivity contribution is -0.0337. The first kappa shape index (κ1) is 20.9. The Morgan fingerprint density at radius 2 is 1.62 bits per heavy atom. The molecule has 1 saturated heterocycles. The number of benzene rings is 2. The van der Waals surface area contributed by atoms with Crippen LogP contribution in [0, 0.1) is 0 Å². The summed E-state index contributed by atoms with van der Waals surface area (Å²) in [6.45, 7) is 5.34. The third-order valence-corrected chi connectivity index (χ3v) is 7.11. The minimum absolute atomic E-state index is 0.166. The molecular formula is C25H33ClN2O. The molecule has 0 amide bonds. The van der Waals surface area contributed by atoms with Crippen molar-refractivity contribution < 1.29 is 5.11 Å². The van der Waals surface area contributed by atoms with Gasteiger partial charge in [-0.15, -0.1) is 0 Å². The molecule has 4 rings (SSSR count). The van der Waals surface area contributed by atoms with E-state index in [2.05, 4.69) is 47.2 Å². The monoisotopic (exact) mass is 412 g/mol. The number of halogens is 1. The van der Waals surface area contributed by atoms with E-state index < -0.39 is 5.60 Å². The number of nitrogens with zero attached hydrogens (tertiary/aromatic N) is 2. The van der Waals surface area contributed by atoms with Gasteiger partial charge in [0.25, 0.3) is 0 Å². The summed E-state index contributed by atoms with van der Waals surface area (Å²) in [7, 11) is 2.19. The molecule has 156 valence electrons. The fourth-order valence-electron chi connectivity index (χ4n) is 4.96. The number of aliphatic hydroxyl groups is 1. The summed E-state index contributed by atoms with van der Waals surface area (Å²) < 4.78 is 0. The van der Waals surface area contributed by atoms with Gasteiger partial charge in [-0.05, 0) is 48.7 Å². The van der Waals surface area contributed by atoms with Crippen LogP contribution in [0.3, 0.4) is 0 Å². The van der Waals surface area contributed by atoms with Crippen LogP contribution >= 0.6 is 11.6 Å². The number of hydrogen-bond acceptors (Lipinski definition) is 3. The van der Waals surface area contributed by atoms with Crippen LogP contribution in [0.5, 0.6) is 0 Å². The molecule has 2 aromatic carbocycles. The van der Waals surface area contributed by atoms with Crippen LogP contribution < -0.4 is 0 Å². The topological polar surface area (TPSA) is 26.7 Å². The lowest BCUT2D eigenvalue weighted by Crippen LogP contribution is -2.50. The molecule has 0 bridgehead atoms. The van der Waals surface area contributed by atoms with E-state index in [-0.39, 0.29) is 5.92 Å². The summed E-state index contributed by atoms with van der Waals surface area (Å²) >= 11 is 6.17. The number of likely N-dealkylation sites (N-methyl/N-ethyl adjacent to an activating group) is 1. The fourth-order valence-corrected chi connectivity index (χ4v) is 5.15. The normalized spacial score (nSPS) is 21.8. The molecule has 1 unspecified atom stereocenters. The van der Waals surface area contributed by atoms with Gasteiger partial charge in [0.2, 0.25) is 0 Å². The van der Waals surface area contributed by atoms with Gasteiger partial charge in [0.15, 0.2) is 0 Å². The molecule has 1 aliphatic carbocycles. The molecule has 1 aliphatic heterocycles. The standard InChI is InChI=1S/C25H33ClN2O/c1-27-14-16-28(17-15-27)19-24(25(29)12-3-2-4-13-25)21-10-8-20(9-11-21)22-6-5-7-23(26)18-22/h5-11,18,24,29H,2-4,12-17,19H2,1H3. The largest absolute Gasteiger partial charge is 0.389 e. The second-order valence-corrected chi connectivity index (χ2v) is 9.39.